The largest absolute Gasteiger partial charge is 0.347 e. The summed E-state index contributed by atoms with van der Waals surface area (Å²) in [4.78, 5) is 12.4. The van der Waals surface area contributed by atoms with Gasteiger partial charge in [-0.3, -0.25) is 4.79 Å². The Morgan fingerprint density at radius 2 is 1.92 bits per heavy atom. The fraction of sp³-hybridized carbons (Fsp3) is 0.286. The van der Waals surface area contributed by atoms with E-state index in [2.05, 4.69) is 46.4 Å². The molecule has 134 valence electrons. The highest BCUT2D eigenvalue weighted by Gasteiger charge is 2.17. The molecule has 1 aromatic heterocycles. The number of carbonyl (C=O) groups excluding carboxylic acids is 1. The number of nitrogens with zero attached hydrogens (tertiary/aromatic N) is 1. The normalized spacial score (nSPS) is 15.2. The van der Waals surface area contributed by atoms with Gasteiger partial charge in [-0.1, -0.05) is 30.3 Å². The topological polar surface area (TPSA) is 34.0 Å². The van der Waals surface area contributed by atoms with E-state index in [1.807, 2.05) is 47.8 Å². The summed E-state index contributed by atoms with van der Waals surface area (Å²) < 4.78 is 2.63. The second-order valence-corrected chi connectivity index (χ2v) is 9.14. The first-order chi connectivity index (χ1) is 12.8. The number of anilines is 1. The molecule has 1 aliphatic heterocycles. The van der Waals surface area contributed by atoms with E-state index in [0.717, 1.165) is 5.69 Å². The summed E-state index contributed by atoms with van der Waals surface area (Å²) in [5.74, 6) is 2.50. The summed E-state index contributed by atoms with van der Waals surface area (Å²) in [5.41, 5.74) is 3.37. The maximum absolute atomic E-state index is 12.4. The molecule has 1 saturated heterocycles. The van der Waals surface area contributed by atoms with Crippen molar-refractivity contribution in [1.82, 2.24) is 4.57 Å². The molecule has 0 saturated carbocycles. The van der Waals surface area contributed by atoms with Crippen LogP contribution in [0.4, 0.5) is 5.69 Å². The number of aryl methyl sites for hydroxylation is 1. The molecular weight excluding hydrogens is 360 g/mol. The zero-order valence-electron chi connectivity index (χ0n) is 14.6. The molecule has 26 heavy (non-hydrogen) atoms. The molecular formula is C21H22N2OS2. The van der Waals surface area contributed by atoms with Crippen molar-refractivity contribution in [3.05, 3.63) is 66.4 Å². The van der Waals surface area contributed by atoms with E-state index >= 15 is 0 Å². The van der Waals surface area contributed by atoms with E-state index in [9.17, 15) is 4.79 Å². The molecule has 0 atom stereocenters. The fourth-order valence-electron chi connectivity index (χ4n) is 3.22. The van der Waals surface area contributed by atoms with Crippen LogP contribution in [0.5, 0.6) is 0 Å². The number of hydrogen-bond donors (Lipinski definition) is 1. The number of carbonyl (C=O) groups is 1. The van der Waals surface area contributed by atoms with Crippen molar-refractivity contribution >= 4 is 46.0 Å². The first kappa shape index (κ1) is 17.6. The molecule has 2 heterocycles. The Morgan fingerprint density at radius 1 is 1.08 bits per heavy atom. The Morgan fingerprint density at radius 3 is 2.81 bits per heavy atom. The van der Waals surface area contributed by atoms with E-state index in [1.54, 1.807) is 0 Å². The molecule has 4 rings (SSSR count). The first-order valence-corrected chi connectivity index (χ1v) is 11.1. The zero-order valence-corrected chi connectivity index (χ0v) is 16.2. The van der Waals surface area contributed by atoms with Gasteiger partial charge in [-0.2, -0.15) is 0 Å². The first-order valence-electron chi connectivity index (χ1n) is 8.96. The average Bonchev–Trinajstić information content (AvgIpc) is 3.10. The lowest BCUT2D eigenvalue weighted by atomic mass is 10.2. The minimum atomic E-state index is 0.0591. The van der Waals surface area contributed by atoms with Gasteiger partial charge in [0.2, 0.25) is 5.91 Å². The van der Waals surface area contributed by atoms with Crippen molar-refractivity contribution < 1.29 is 4.79 Å². The molecule has 3 aromatic rings. The maximum Gasteiger partial charge on any atom is 0.226 e. The second kappa shape index (κ2) is 8.23. The van der Waals surface area contributed by atoms with E-state index < -0.39 is 0 Å². The van der Waals surface area contributed by atoms with Crippen LogP contribution in [0.1, 0.15) is 23.0 Å². The van der Waals surface area contributed by atoms with Gasteiger partial charge in [0.05, 0.1) is 4.58 Å². The molecule has 2 aromatic carbocycles. The van der Waals surface area contributed by atoms with Gasteiger partial charge in [0.25, 0.3) is 0 Å². The number of thioether (sulfide) groups is 2. The lowest BCUT2D eigenvalue weighted by Gasteiger charge is -2.21. The molecule has 0 unspecified atom stereocenters. The number of fused-ring (bicyclic) bond motifs is 1. The lowest BCUT2D eigenvalue weighted by Crippen LogP contribution is -2.14. The van der Waals surface area contributed by atoms with E-state index in [-0.39, 0.29) is 5.91 Å². The zero-order chi connectivity index (χ0) is 17.8. The van der Waals surface area contributed by atoms with Crippen LogP contribution in [-0.2, 0) is 11.3 Å². The highest BCUT2D eigenvalue weighted by atomic mass is 32.2. The predicted molar refractivity (Wildman–Crippen MR) is 114 cm³/mol. The number of para-hydroxylation sites is 1. The van der Waals surface area contributed by atoms with Crippen LogP contribution in [0.2, 0.25) is 0 Å². The van der Waals surface area contributed by atoms with Crippen LogP contribution >= 0.6 is 23.5 Å². The third-order valence-electron chi connectivity index (χ3n) is 4.53. The third kappa shape index (κ3) is 4.10. The standard InChI is InChI=1S/C21H22N2OS2/c24-20(10-12-23-11-9-16-5-1-2-8-19(16)23)22-18-7-3-6-17(15-18)21-25-13-4-14-26-21/h1-3,5-9,11,15,21H,4,10,12-14H2,(H,22,24). The fourth-order valence-corrected chi connectivity index (χ4v) is 6.10. The third-order valence-corrected chi connectivity index (χ3v) is 7.54. The van der Waals surface area contributed by atoms with Gasteiger partial charge >= 0.3 is 0 Å². The molecule has 0 radical (unpaired) electrons. The highest BCUT2D eigenvalue weighted by molar-refractivity contribution is 8.16. The molecule has 1 fully saturated rings. The number of nitrogens with one attached hydrogen (secondary N) is 1. The molecule has 1 aliphatic rings. The van der Waals surface area contributed by atoms with E-state index in [4.69, 9.17) is 0 Å². The number of rotatable bonds is 5. The number of hydrogen-bond acceptors (Lipinski definition) is 3. The smallest absolute Gasteiger partial charge is 0.226 e. The van der Waals surface area contributed by atoms with E-state index in [0.29, 0.717) is 17.5 Å². The number of amides is 1. The van der Waals surface area contributed by atoms with Crippen LogP contribution < -0.4 is 5.32 Å². The van der Waals surface area contributed by atoms with Gasteiger partial charge in [-0.25, -0.2) is 0 Å². The highest BCUT2D eigenvalue weighted by Crippen LogP contribution is 2.44. The minimum Gasteiger partial charge on any atom is -0.347 e. The number of aromatic nitrogens is 1. The quantitative estimate of drug-likeness (QED) is 0.629. The summed E-state index contributed by atoms with van der Waals surface area (Å²) in [7, 11) is 0. The summed E-state index contributed by atoms with van der Waals surface area (Å²) in [6.07, 6.45) is 3.81. The molecule has 0 bridgehead atoms. The molecule has 1 amide bonds. The molecule has 1 N–H and O–H groups in total. The maximum atomic E-state index is 12.4. The van der Waals surface area contributed by atoms with Crippen molar-refractivity contribution in [2.24, 2.45) is 0 Å². The Kier molecular flexibility index (Phi) is 5.56. The second-order valence-electron chi connectivity index (χ2n) is 6.42. The van der Waals surface area contributed by atoms with E-state index in [1.165, 1.54) is 34.4 Å². The van der Waals surface area contributed by atoms with Crippen LogP contribution in [0, 0.1) is 0 Å². The Balaban J connectivity index is 1.37. The van der Waals surface area contributed by atoms with Crippen molar-refractivity contribution in [1.29, 1.82) is 0 Å². The summed E-state index contributed by atoms with van der Waals surface area (Å²) in [5, 5.41) is 4.27. The Labute approximate surface area is 162 Å². The SMILES string of the molecule is O=C(CCn1ccc2ccccc21)Nc1cccc(C2SCCCS2)c1. The molecule has 0 aliphatic carbocycles. The van der Waals surface area contributed by atoms with Gasteiger partial charge in [-0.15, -0.1) is 23.5 Å². The predicted octanol–water partition coefficient (Wildman–Crippen LogP) is 5.54. The van der Waals surface area contributed by atoms with Crippen LogP contribution in [-0.4, -0.2) is 22.0 Å². The van der Waals surface area contributed by atoms with Gasteiger partial charge in [0.15, 0.2) is 0 Å². The van der Waals surface area contributed by atoms with Crippen molar-refractivity contribution in [3.63, 3.8) is 0 Å². The van der Waals surface area contributed by atoms with Gasteiger partial charge < -0.3 is 9.88 Å². The molecule has 3 nitrogen and oxygen atoms in total. The Bertz CT molecular complexity index is 900. The summed E-state index contributed by atoms with van der Waals surface area (Å²) in [6, 6.07) is 18.7. The monoisotopic (exact) mass is 382 g/mol. The van der Waals surface area contributed by atoms with Crippen molar-refractivity contribution in [3.8, 4) is 0 Å². The van der Waals surface area contributed by atoms with Crippen LogP contribution in [0.3, 0.4) is 0 Å². The molecule has 0 spiro atoms. The van der Waals surface area contributed by atoms with Gasteiger partial charge in [0.1, 0.15) is 0 Å². The van der Waals surface area contributed by atoms with Gasteiger partial charge in [0, 0.05) is 30.4 Å². The minimum absolute atomic E-state index is 0.0591. The summed E-state index contributed by atoms with van der Waals surface area (Å²) >= 11 is 4.00. The lowest BCUT2D eigenvalue weighted by molar-refractivity contribution is -0.116. The van der Waals surface area contributed by atoms with Gasteiger partial charge in [-0.05, 0) is 53.1 Å². The van der Waals surface area contributed by atoms with Crippen molar-refractivity contribution in [2.45, 2.75) is 24.0 Å². The average molecular weight is 383 g/mol. The van der Waals surface area contributed by atoms with Crippen LogP contribution in [0.25, 0.3) is 10.9 Å². The molecule has 5 heteroatoms. The number of benzene rings is 2. The van der Waals surface area contributed by atoms with Crippen molar-refractivity contribution in [2.75, 3.05) is 16.8 Å². The summed E-state index contributed by atoms with van der Waals surface area (Å²) in [6.45, 7) is 0.688. The Hall–Kier alpha value is -1.85. The van der Waals surface area contributed by atoms with Crippen LogP contribution in [0.15, 0.2) is 60.8 Å².